The molecule has 0 spiro atoms. The van der Waals surface area contributed by atoms with E-state index in [0.29, 0.717) is 22.1 Å². The van der Waals surface area contributed by atoms with Crippen LogP contribution in [0.1, 0.15) is 19.0 Å². The molecule has 0 aliphatic carbocycles. The molecule has 3 nitrogen and oxygen atoms in total. The second-order valence-corrected chi connectivity index (χ2v) is 5.26. The Morgan fingerprint density at radius 2 is 2.24 bits per heavy atom. The molecule has 3 rings (SSSR count). The first-order valence-electron chi connectivity index (χ1n) is 5.65. The molecule has 5 heteroatoms. The van der Waals surface area contributed by atoms with Gasteiger partial charge in [0.15, 0.2) is 22.0 Å². The van der Waals surface area contributed by atoms with Gasteiger partial charge in [0, 0.05) is 6.54 Å². The Balaban J connectivity index is 2.10. The molecular formula is C12H12Cl2N2O. The van der Waals surface area contributed by atoms with Crippen molar-refractivity contribution in [3.05, 3.63) is 28.2 Å². The van der Waals surface area contributed by atoms with Crippen LogP contribution in [0.5, 0.6) is 0 Å². The minimum Gasteiger partial charge on any atom is -0.441 e. The summed E-state index contributed by atoms with van der Waals surface area (Å²) in [5, 5.41) is 0.955. The Bertz CT molecular complexity index is 559. The fourth-order valence-corrected chi connectivity index (χ4v) is 2.70. The topological polar surface area (TPSA) is 31.0 Å². The van der Waals surface area contributed by atoms with Crippen LogP contribution in [0.2, 0.25) is 10.4 Å². The van der Waals surface area contributed by atoms with Crippen molar-refractivity contribution in [3.8, 4) is 11.6 Å². The van der Waals surface area contributed by atoms with Crippen LogP contribution < -0.4 is 0 Å². The first-order valence-corrected chi connectivity index (χ1v) is 6.41. The summed E-state index contributed by atoms with van der Waals surface area (Å²) >= 11 is 12.0. The van der Waals surface area contributed by atoms with Gasteiger partial charge in [-0.05, 0) is 42.5 Å². The number of hydrogen-bond donors (Lipinski definition) is 0. The van der Waals surface area contributed by atoms with Gasteiger partial charge in [-0.2, -0.15) is 0 Å². The van der Waals surface area contributed by atoms with E-state index in [1.165, 1.54) is 0 Å². The Morgan fingerprint density at radius 3 is 2.94 bits per heavy atom. The van der Waals surface area contributed by atoms with Crippen LogP contribution in [0.4, 0.5) is 0 Å². The lowest BCUT2D eigenvalue weighted by Crippen LogP contribution is -2.17. The van der Waals surface area contributed by atoms with Gasteiger partial charge in [0.1, 0.15) is 0 Å². The molecule has 2 aromatic rings. The van der Waals surface area contributed by atoms with Gasteiger partial charge in [-0.15, -0.1) is 0 Å². The third kappa shape index (κ3) is 1.87. The van der Waals surface area contributed by atoms with Gasteiger partial charge in [0.05, 0.1) is 5.69 Å². The van der Waals surface area contributed by atoms with E-state index in [9.17, 15) is 0 Å². The lowest BCUT2D eigenvalue weighted by atomic mass is 9.98. The first-order chi connectivity index (χ1) is 8.15. The summed E-state index contributed by atoms with van der Waals surface area (Å²) in [6.07, 6.45) is 2.11. The predicted molar refractivity (Wildman–Crippen MR) is 67.4 cm³/mol. The standard InChI is InChI=1S/C12H12Cl2N2O/c1-7-4-5-16-8(6-7)11(14)15-12(16)9-2-3-10(13)17-9/h2-3,7H,4-6H2,1H3. The van der Waals surface area contributed by atoms with E-state index in [1.54, 1.807) is 6.07 Å². The molecule has 0 saturated carbocycles. The molecule has 90 valence electrons. The molecule has 2 aromatic heterocycles. The highest BCUT2D eigenvalue weighted by Gasteiger charge is 2.24. The third-order valence-corrected chi connectivity index (χ3v) is 3.71. The summed E-state index contributed by atoms with van der Waals surface area (Å²) in [6.45, 7) is 3.17. The molecule has 0 fully saturated rings. The maximum absolute atomic E-state index is 6.18. The van der Waals surface area contributed by atoms with Crippen LogP contribution >= 0.6 is 23.2 Å². The zero-order valence-corrected chi connectivity index (χ0v) is 10.9. The average molecular weight is 271 g/mol. The van der Waals surface area contributed by atoms with Crippen molar-refractivity contribution in [2.24, 2.45) is 5.92 Å². The zero-order chi connectivity index (χ0) is 12.0. The largest absolute Gasteiger partial charge is 0.441 e. The third-order valence-electron chi connectivity index (χ3n) is 3.20. The van der Waals surface area contributed by atoms with Crippen LogP contribution in [0, 0.1) is 5.92 Å². The molecular weight excluding hydrogens is 259 g/mol. The normalized spacial score (nSPS) is 19.4. The fourth-order valence-electron chi connectivity index (χ4n) is 2.30. The molecule has 1 aliphatic rings. The number of aromatic nitrogens is 2. The van der Waals surface area contributed by atoms with E-state index in [1.807, 2.05) is 6.07 Å². The van der Waals surface area contributed by atoms with Crippen molar-refractivity contribution < 1.29 is 4.42 Å². The van der Waals surface area contributed by atoms with Crippen molar-refractivity contribution in [3.63, 3.8) is 0 Å². The molecule has 3 heterocycles. The zero-order valence-electron chi connectivity index (χ0n) is 9.41. The van der Waals surface area contributed by atoms with Gasteiger partial charge >= 0.3 is 0 Å². The van der Waals surface area contributed by atoms with Gasteiger partial charge < -0.3 is 8.98 Å². The van der Waals surface area contributed by atoms with E-state index in [-0.39, 0.29) is 0 Å². The minimum atomic E-state index is 0.373. The highest BCUT2D eigenvalue weighted by Crippen LogP contribution is 2.33. The SMILES string of the molecule is CC1CCn2c(-c3ccc(Cl)o3)nc(Cl)c2C1. The van der Waals surface area contributed by atoms with Crippen LogP contribution in [0.3, 0.4) is 0 Å². The van der Waals surface area contributed by atoms with E-state index in [4.69, 9.17) is 27.6 Å². The van der Waals surface area contributed by atoms with Crippen molar-refractivity contribution in [2.75, 3.05) is 0 Å². The molecule has 1 unspecified atom stereocenters. The molecule has 0 aromatic carbocycles. The van der Waals surface area contributed by atoms with E-state index in [2.05, 4.69) is 16.5 Å². The van der Waals surface area contributed by atoms with Gasteiger partial charge in [-0.3, -0.25) is 0 Å². The Labute approximate surface area is 109 Å². The molecule has 0 radical (unpaired) electrons. The van der Waals surface area contributed by atoms with Crippen LogP contribution in [0.25, 0.3) is 11.6 Å². The second-order valence-electron chi connectivity index (χ2n) is 4.53. The first kappa shape index (κ1) is 11.2. The van der Waals surface area contributed by atoms with E-state index < -0.39 is 0 Å². The fraction of sp³-hybridized carbons (Fsp3) is 0.417. The predicted octanol–water partition coefficient (Wildman–Crippen LogP) is 4.03. The molecule has 0 N–H and O–H groups in total. The van der Waals surface area contributed by atoms with Gasteiger partial charge in [0.25, 0.3) is 0 Å². The number of imidazole rings is 1. The summed E-state index contributed by atoms with van der Waals surface area (Å²) in [4.78, 5) is 4.39. The Morgan fingerprint density at radius 1 is 1.41 bits per heavy atom. The minimum absolute atomic E-state index is 0.373. The number of hydrogen-bond acceptors (Lipinski definition) is 2. The molecule has 0 amide bonds. The number of fused-ring (bicyclic) bond motifs is 1. The van der Waals surface area contributed by atoms with Gasteiger partial charge in [-0.25, -0.2) is 4.98 Å². The highest BCUT2D eigenvalue weighted by molar-refractivity contribution is 6.30. The van der Waals surface area contributed by atoms with Crippen LogP contribution in [0.15, 0.2) is 16.5 Å². The van der Waals surface area contributed by atoms with Crippen molar-refractivity contribution >= 4 is 23.2 Å². The maximum Gasteiger partial charge on any atom is 0.194 e. The molecule has 1 atom stereocenters. The number of rotatable bonds is 1. The number of halogens is 2. The summed E-state index contributed by atoms with van der Waals surface area (Å²) in [5.41, 5.74) is 1.10. The summed E-state index contributed by atoms with van der Waals surface area (Å²) < 4.78 is 7.54. The monoisotopic (exact) mass is 270 g/mol. The maximum atomic E-state index is 6.18. The van der Waals surface area contributed by atoms with Crippen LogP contribution in [-0.2, 0) is 13.0 Å². The molecule has 0 saturated heterocycles. The lowest BCUT2D eigenvalue weighted by molar-refractivity contribution is 0.416. The highest BCUT2D eigenvalue weighted by atomic mass is 35.5. The summed E-state index contributed by atoms with van der Waals surface area (Å²) in [6, 6.07) is 3.55. The molecule has 1 aliphatic heterocycles. The van der Waals surface area contributed by atoms with Crippen molar-refractivity contribution in [1.29, 1.82) is 0 Å². The number of nitrogens with zero attached hydrogens (tertiary/aromatic N) is 2. The van der Waals surface area contributed by atoms with Gasteiger partial charge in [-0.1, -0.05) is 18.5 Å². The van der Waals surface area contributed by atoms with Crippen molar-refractivity contribution in [2.45, 2.75) is 26.3 Å². The summed E-state index contributed by atoms with van der Waals surface area (Å²) in [5.74, 6) is 2.12. The van der Waals surface area contributed by atoms with E-state index >= 15 is 0 Å². The molecule has 17 heavy (non-hydrogen) atoms. The quantitative estimate of drug-likeness (QED) is 0.784. The molecule has 0 bridgehead atoms. The average Bonchev–Trinajstić information content (AvgIpc) is 2.84. The van der Waals surface area contributed by atoms with Crippen molar-refractivity contribution in [1.82, 2.24) is 9.55 Å². The van der Waals surface area contributed by atoms with Gasteiger partial charge in [0.2, 0.25) is 0 Å². The van der Waals surface area contributed by atoms with Crippen LogP contribution in [-0.4, -0.2) is 9.55 Å². The Hall–Kier alpha value is -0.930. The lowest BCUT2D eigenvalue weighted by Gasteiger charge is -2.21. The smallest absolute Gasteiger partial charge is 0.194 e. The number of furan rings is 1. The summed E-state index contributed by atoms with van der Waals surface area (Å²) in [7, 11) is 0. The Kier molecular flexibility index (Phi) is 2.68. The second kappa shape index (κ2) is 4.07. The van der Waals surface area contributed by atoms with E-state index in [0.717, 1.165) is 30.9 Å².